The Hall–Kier alpha value is -0.540. The first kappa shape index (κ1) is 13.5. The van der Waals surface area contributed by atoms with Crippen molar-refractivity contribution in [1.29, 1.82) is 0 Å². The maximum absolute atomic E-state index is 6.20. The van der Waals surface area contributed by atoms with E-state index < -0.39 is 0 Å². The molecule has 1 heterocycles. The van der Waals surface area contributed by atoms with Gasteiger partial charge < -0.3 is 5.32 Å². The molecule has 1 rings (SSSR count). The van der Waals surface area contributed by atoms with Gasteiger partial charge in [0, 0.05) is 7.05 Å². The first-order chi connectivity index (χ1) is 7.61. The fraction of sp³-hybridized carbons (Fsp3) is 0.750. The third kappa shape index (κ3) is 2.98. The summed E-state index contributed by atoms with van der Waals surface area (Å²) < 4.78 is 1.88. The zero-order valence-electron chi connectivity index (χ0n) is 10.6. The molecule has 92 valence electrons. The second-order valence-corrected chi connectivity index (χ2v) is 4.73. The number of nitrogens with zero attached hydrogens (tertiary/aromatic N) is 2. The Morgan fingerprint density at radius 2 is 2.19 bits per heavy atom. The standard InChI is InChI=1S/C12H22ClN3/c1-5-7-14-11(9(3)6-2)12-10(13)8-15-16(12)4/h8-9,11,14H,5-7H2,1-4H3. The second kappa shape index (κ2) is 6.26. The quantitative estimate of drug-likeness (QED) is 0.832. The molecule has 0 saturated heterocycles. The molecule has 0 radical (unpaired) electrons. The number of hydrogen-bond donors (Lipinski definition) is 1. The molecule has 0 aliphatic carbocycles. The van der Waals surface area contributed by atoms with E-state index in [4.69, 9.17) is 11.6 Å². The predicted octanol–water partition coefficient (Wildman–Crippen LogP) is 3.16. The topological polar surface area (TPSA) is 29.9 Å². The van der Waals surface area contributed by atoms with Gasteiger partial charge >= 0.3 is 0 Å². The van der Waals surface area contributed by atoms with Gasteiger partial charge in [0.15, 0.2) is 0 Å². The molecule has 0 spiro atoms. The number of nitrogens with one attached hydrogen (secondary N) is 1. The van der Waals surface area contributed by atoms with Gasteiger partial charge in [0.25, 0.3) is 0 Å². The highest BCUT2D eigenvalue weighted by molar-refractivity contribution is 6.31. The van der Waals surface area contributed by atoms with Crippen molar-refractivity contribution < 1.29 is 0 Å². The van der Waals surface area contributed by atoms with Crippen LogP contribution in [-0.4, -0.2) is 16.3 Å². The van der Waals surface area contributed by atoms with E-state index in [-0.39, 0.29) is 0 Å². The molecule has 0 bridgehead atoms. The van der Waals surface area contributed by atoms with Crippen LogP contribution in [0, 0.1) is 5.92 Å². The Labute approximate surface area is 103 Å². The third-order valence-electron chi connectivity index (χ3n) is 3.06. The Kier molecular flexibility index (Phi) is 5.29. The lowest BCUT2D eigenvalue weighted by atomic mass is 9.96. The van der Waals surface area contributed by atoms with Gasteiger partial charge in [-0.1, -0.05) is 38.8 Å². The largest absolute Gasteiger partial charge is 0.308 e. The summed E-state index contributed by atoms with van der Waals surface area (Å²) >= 11 is 6.20. The zero-order valence-corrected chi connectivity index (χ0v) is 11.4. The van der Waals surface area contributed by atoms with Crippen molar-refractivity contribution in [3.8, 4) is 0 Å². The predicted molar refractivity (Wildman–Crippen MR) is 68.7 cm³/mol. The summed E-state index contributed by atoms with van der Waals surface area (Å²) in [6.45, 7) is 7.63. The SMILES string of the molecule is CCCNC(c1c(Cl)cnn1C)C(C)CC. The average Bonchev–Trinajstić information content (AvgIpc) is 2.60. The van der Waals surface area contributed by atoms with E-state index in [1.165, 1.54) is 0 Å². The van der Waals surface area contributed by atoms with Crippen LogP contribution in [0.4, 0.5) is 0 Å². The highest BCUT2D eigenvalue weighted by Gasteiger charge is 2.23. The van der Waals surface area contributed by atoms with Crippen molar-refractivity contribution in [1.82, 2.24) is 15.1 Å². The van der Waals surface area contributed by atoms with Crippen LogP contribution in [0.5, 0.6) is 0 Å². The molecule has 0 aliphatic rings. The van der Waals surface area contributed by atoms with E-state index in [0.29, 0.717) is 12.0 Å². The van der Waals surface area contributed by atoms with E-state index >= 15 is 0 Å². The Balaban J connectivity index is 2.91. The van der Waals surface area contributed by atoms with Crippen LogP contribution in [0.3, 0.4) is 0 Å². The van der Waals surface area contributed by atoms with Gasteiger partial charge in [-0.05, 0) is 18.9 Å². The number of rotatable bonds is 6. The van der Waals surface area contributed by atoms with Gasteiger partial charge in [-0.3, -0.25) is 4.68 Å². The Morgan fingerprint density at radius 1 is 1.50 bits per heavy atom. The Bertz CT molecular complexity index is 303. The molecule has 1 N–H and O–H groups in total. The van der Waals surface area contributed by atoms with Gasteiger partial charge in [-0.2, -0.15) is 5.10 Å². The highest BCUT2D eigenvalue weighted by Crippen LogP contribution is 2.29. The summed E-state index contributed by atoms with van der Waals surface area (Å²) in [5.74, 6) is 0.555. The van der Waals surface area contributed by atoms with Crippen molar-refractivity contribution in [2.45, 2.75) is 39.7 Å². The molecule has 0 fully saturated rings. The molecule has 3 nitrogen and oxygen atoms in total. The fourth-order valence-electron chi connectivity index (χ4n) is 1.87. The van der Waals surface area contributed by atoms with E-state index in [0.717, 1.165) is 30.1 Å². The van der Waals surface area contributed by atoms with Crippen LogP contribution in [0.15, 0.2) is 6.20 Å². The lowest BCUT2D eigenvalue weighted by Gasteiger charge is -2.25. The normalized spacial score (nSPS) is 15.1. The lowest BCUT2D eigenvalue weighted by Crippen LogP contribution is -2.29. The summed E-state index contributed by atoms with van der Waals surface area (Å²) in [5.41, 5.74) is 1.10. The van der Waals surface area contributed by atoms with Crippen molar-refractivity contribution in [2.24, 2.45) is 13.0 Å². The van der Waals surface area contributed by atoms with Crippen LogP contribution in [0.1, 0.15) is 45.3 Å². The first-order valence-electron chi connectivity index (χ1n) is 6.02. The van der Waals surface area contributed by atoms with Crippen LogP contribution in [-0.2, 0) is 7.05 Å². The van der Waals surface area contributed by atoms with Crippen molar-refractivity contribution in [2.75, 3.05) is 6.54 Å². The highest BCUT2D eigenvalue weighted by atomic mass is 35.5. The molecule has 0 aliphatic heterocycles. The first-order valence-corrected chi connectivity index (χ1v) is 6.40. The minimum absolute atomic E-state index is 0.296. The van der Waals surface area contributed by atoms with E-state index in [1.807, 2.05) is 11.7 Å². The number of halogens is 1. The molecule has 2 unspecified atom stereocenters. The minimum atomic E-state index is 0.296. The Morgan fingerprint density at radius 3 is 2.62 bits per heavy atom. The molecule has 2 atom stereocenters. The van der Waals surface area contributed by atoms with Gasteiger partial charge in [0.1, 0.15) is 0 Å². The summed E-state index contributed by atoms with van der Waals surface area (Å²) in [5, 5.41) is 8.53. The minimum Gasteiger partial charge on any atom is -0.308 e. The van der Waals surface area contributed by atoms with Crippen LogP contribution < -0.4 is 5.32 Å². The van der Waals surface area contributed by atoms with Gasteiger partial charge in [0.05, 0.1) is 23.0 Å². The molecule has 0 saturated carbocycles. The smallest absolute Gasteiger partial charge is 0.0834 e. The number of hydrogen-bond acceptors (Lipinski definition) is 2. The zero-order chi connectivity index (χ0) is 12.1. The molecule has 16 heavy (non-hydrogen) atoms. The van der Waals surface area contributed by atoms with E-state index in [2.05, 4.69) is 31.2 Å². The summed E-state index contributed by atoms with van der Waals surface area (Å²) in [7, 11) is 1.95. The molecule has 1 aromatic rings. The molecule has 4 heteroatoms. The molecule has 0 amide bonds. The molecule has 0 aromatic carbocycles. The summed E-state index contributed by atoms with van der Waals surface area (Å²) in [6.07, 6.45) is 3.98. The third-order valence-corrected chi connectivity index (χ3v) is 3.35. The van der Waals surface area contributed by atoms with Crippen LogP contribution in [0.2, 0.25) is 5.02 Å². The van der Waals surface area contributed by atoms with Crippen molar-refractivity contribution in [3.05, 3.63) is 16.9 Å². The maximum Gasteiger partial charge on any atom is 0.0834 e. The summed E-state index contributed by atoms with van der Waals surface area (Å²) in [4.78, 5) is 0. The lowest BCUT2D eigenvalue weighted by molar-refractivity contribution is 0.359. The maximum atomic E-state index is 6.20. The van der Waals surface area contributed by atoms with Crippen LogP contribution in [0.25, 0.3) is 0 Å². The molecular formula is C12H22ClN3. The number of aromatic nitrogens is 2. The molecular weight excluding hydrogens is 222 g/mol. The fourth-order valence-corrected chi connectivity index (χ4v) is 2.16. The van der Waals surface area contributed by atoms with Gasteiger partial charge in [-0.25, -0.2) is 0 Å². The average molecular weight is 244 g/mol. The van der Waals surface area contributed by atoms with Crippen molar-refractivity contribution in [3.63, 3.8) is 0 Å². The second-order valence-electron chi connectivity index (χ2n) is 4.32. The summed E-state index contributed by atoms with van der Waals surface area (Å²) in [6, 6.07) is 0.296. The van der Waals surface area contributed by atoms with Gasteiger partial charge in [-0.15, -0.1) is 0 Å². The number of aryl methyl sites for hydroxylation is 1. The van der Waals surface area contributed by atoms with Crippen molar-refractivity contribution >= 4 is 11.6 Å². The van der Waals surface area contributed by atoms with E-state index in [1.54, 1.807) is 6.20 Å². The van der Waals surface area contributed by atoms with Gasteiger partial charge in [0.2, 0.25) is 0 Å². The van der Waals surface area contributed by atoms with E-state index in [9.17, 15) is 0 Å². The van der Waals surface area contributed by atoms with Crippen LogP contribution >= 0.6 is 11.6 Å². The molecule has 1 aromatic heterocycles. The monoisotopic (exact) mass is 243 g/mol.